The number of anilines is 1. The van der Waals surface area contributed by atoms with E-state index in [0.717, 1.165) is 5.69 Å². The molecular formula is C15H15NO3. The zero-order valence-corrected chi connectivity index (χ0v) is 10.8. The second-order valence-electron chi connectivity index (χ2n) is 3.89. The molecule has 0 heterocycles. The third-order valence-corrected chi connectivity index (χ3v) is 2.68. The molecule has 0 spiro atoms. The lowest BCUT2D eigenvalue weighted by atomic mass is 10.1. The van der Waals surface area contributed by atoms with E-state index >= 15 is 0 Å². The molecule has 4 nitrogen and oxygen atoms in total. The Labute approximate surface area is 112 Å². The van der Waals surface area contributed by atoms with Crippen molar-refractivity contribution in [1.29, 1.82) is 0 Å². The van der Waals surface area contributed by atoms with Gasteiger partial charge in [0, 0.05) is 11.8 Å². The molecule has 2 aromatic rings. The normalized spacial score (nSPS) is 9.79. The Kier molecular flexibility index (Phi) is 4.03. The average molecular weight is 257 g/mol. The van der Waals surface area contributed by atoms with E-state index in [1.54, 1.807) is 25.3 Å². The number of benzene rings is 2. The van der Waals surface area contributed by atoms with Crippen molar-refractivity contribution in [2.75, 3.05) is 19.5 Å². The number of amides is 1. The average Bonchev–Trinajstić information content (AvgIpc) is 2.47. The first-order chi connectivity index (χ1) is 9.24. The maximum Gasteiger partial charge on any atom is 0.259 e. The maximum atomic E-state index is 12.2. The van der Waals surface area contributed by atoms with E-state index < -0.39 is 0 Å². The topological polar surface area (TPSA) is 47.6 Å². The van der Waals surface area contributed by atoms with E-state index in [-0.39, 0.29) is 5.91 Å². The zero-order valence-electron chi connectivity index (χ0n) is 10.8. The van der Waals surface area contributed by atoms with Gasteiger partial charge in [0.05, 0.1) is 19.8 Å². The molecule has 0 aliphatic rings. The third kappa shape index (κ3) is 3.04. The van der Waals surface area contributed by atoms with Crippen LogP contribution in [-0.4, -0.2) is 20.1 Å². The molecule has 0 bridgehead atoms. The van der Waals surface area contributed by atoms with Crippen LogP contribution in [0.5, 0.6) is 11.5 Å². The fourth-order valence-corrected chi connectivity index (χ4v) is 1.71. The molecule has 0 aliphatic carbocycles. The lowest BCUT2D eigenvalue weighted by Gasteiger charge is -2.10. The summed E-state index contributed by atoms with van der Waals surface area (Å²) in [6, 6.07) is 14.4. The molecule has 0 saturated heterocycles. The van der Waals surface area contributed by atoms with E-state index in [1.807, 2.05) is 30.3 Å². The predicted molar refractivity (Wildman–Crippen MR) is 73.9 cm³/mol. The molecule has 0 atom stereocenters. The van der Waals surface area contributed by atoms with Gasteiger partial charge in [-0.15, -0.1) is 0 Å². The maximum absolute atomic E-state index is 12.2. The Morgan fingerprint density at radius 2 is 1.74 bits per heavy atom. The Hall–Kier alpha value is -2.49. The van der Waals surface area contributed by atoms with E-state index in [0.29, 0.717) is 17.1 Å². The molecule has 2 aromatic carbocycles. The molecule has 2 rings (SSSR count). The van der Waals surface area contributed by atoms with Crippen molar-refractivity contribution in [2.24, 2.45) is 0 Å². The van der Waals surface area contributed by atoms with Gasteiger partial charge in [-0.1, -0.05) is 18.2 Å². The first-order valence-electron chi connectivity index (χ1n) is 5.83. The highest BCUT2D eigenvalue weighted by Crippen LogP contribution is 2.25. The molecule has 1 N–H and O–H groups in total. The minimum Gasteiger partial charge on any atom is -0.497 e. The quantitative estimate of drug-likeness (QED) is 0.916. The Bertz CT molecular complexity index is 567. The van der Waals surface area contributed by atoms with E-state index in [1.165, 1.54) is 7.11 Å². The van der Waals surface area contributed by atoms with Gasteiger partial charge in [-0.3, -0.25) is 4.79 Å². The van der Waals surface area contributed by atoms with Crippen molar-refractivity contribution in [2.45, 2.75) is 0 Å². The van der Waals surface area contributed by atoms with Gasteiger partial charge in [0.25, 0.3) is 5.91 Å². The van der Waals surface area contributed by atoms with Crippen LogP contribution >= 0.6 is 0 Å². The number of nitrogens with one attached hydrogen (secondary N) is 1. The molecule has 0 aromatic heterocycles. The van der Waals surface area contributed by atoms with Crippen molar-refractivity contribution < 1.29 is 14.3 Å². The molecule has 0 radical (unpaired) electrons. The predicted octanol–water partition coefficient (Wildman–Crippen LogP) is 2.96. The van der Waals surface area contributed by atoms with E-state index in [4.69, 9.17) is 9.47 Å². The van der Waals surface area contributed by atoms with Crippen LogP contribution < -0.4 is 14.8 Å². The summed E-state index contributed by atoms with van der Waals surface area (Å²) in [6.45, 7) is 0. The highest BCUT2D eigenvalue weighted by molar-refractivity contribution is 6.06. The monoisotopic (exact) mass is 257 g/mol. The van der Waals surface area contributed by atoms with Gasteiger partial charge in [0.15, 0.2) is 0 Å². The Morgan fingerprint density at radius 1 is 1.00 bits per heavy atom. The SMILES string of the molecule is COc1ccc(C(=O)Nc2ccccc2)c(OC)c1. The summed E-state index contributed by atoms with van der Waals surface area (Å²) in [7, 11) is 3.09. The standard InChI is InChI=1S/C15H15NO3/c1-18-12-8-9-13(14(10-12)19-2)15(17)16-11-6-4-3-5-7-11/h3-10H,1-2H3,(H,16,17). The van der Waals surface area contributed by atoms with Crippen LogP contribution in [0.2, 0.25) is 0 Å². The fraction of sp³-hybridized carbons (Fsp3) is 0.133. The third-order valence-electron chi connectivity index (χ3n) is 2.68. The van der Waals surface area contributed by atoms with E-state index in [2.05, 4.69) is 5.32 Å². The summed E-state index contributed by atoms with van der Waals surface area (Å²) >= 11 is 0. The van der Waals surface area contributed by atoms with Crippen molar-refractivity contribution >= 4 is 11.6 Å². The van der Waals surface area contributed by atoms with E-state index in [9.17, 15) is 4.79 Å². The van der Waals surface area contributed by atoms with Crippen LogP contribution in [0.25, 0.3) is 0 Å². The van der Waals surface area contributed by atoms with Crippen molar-refractivity contribution in [1.82, 2.24) is 0 Å². The molecule has 1 amide bonds. The highest BCUT2D eigenvalue weighted by Gasteiger charge is 2.13. The summed E-state index contributed by atoms with van der Waals surface area (Å²) in [5.41, 5.74) is 1.21. The van der Waals surface area contributed by atoms with Gasteiger partial charge >= 0.3 is 0 Å². The number of carbonyl (C=O) groups excluding carboxylic acids is 1. The minimum absolute atomic E-state index is 0.217. The minimum atomic E-state index is -0.217. The van der Waals surface area contributed by atoms with Crippen molar-refractivity contribution in [3.8, 4) is 11.5 Å². The summed E-state index contributed by atoms with van der Waals surface area (Å²) in [5.74, 6) is 0.909. The van der Waals surface area contributed by atoms with Gasteiger partial charge in [0.1, 0.15) is 11.5 Å². The van der Waals surface area contributed by atoms with Gasteiger partial charge < -0.3 is 14.8 Å². The van der Waals surface area contributed by atoms with Crippen molar-refractivity contribution in [3.05, 3.63) is 54.1 Å². The molecule has 0 fully saturated rings. The van der Waals surface area contributed by atoms with Crippen LogP contribution in [0.1, 0.15) is 10.4 Å². The first kappa shape index (κ1) is 13.0. The smallest absolute Gasteiger partial charge is 0.259 e. The Balaban J connectivity index is 2.24. The largest absolute Gasteiger partial charge is 0.497 e. The van der Waals surface area contributed by atoms with Gasteiger partial charge in [-0.05, 0) is 24.3 Å². The first-order valence-corrected chi connectivity index (χ1v) is 5.83. The number of ether oxygens (including phenoxy) is 2. The van der Waals surface area contributed by atoms with Crippen molar-refractivity contribution in [3.63, 3.8) is 0 Å². The summed E-state index contributed by atoms with van der Waals surface area (Å²) in [5, 5.41) is 2.81. The van der Waals surface area contributed by atoms with Crippen LogP contribution in [0.15, 0.2) is 48.5 Å². The number of rotatable bonds is 4. The molecule has 19 heavy (non-hydrogen) atoms. The second kappa shape index (κ2) is 5.91. The second-order valence-corrected chi connectivity index (χ2v) is 3.89. The van der Waals surface area contributed by atoms with Crippen LogP contribution in [0, 0.1) is 0 Å². The number of hydrogen-bond donors (Lipinski definition) is 1. The van der Waals surface area contributed by atoms with Crippen LogP contribution in [0.3, 0.4) is 0 Å². The highest BCUT2D eigenvalue weighted by atomic mass is 16.5. The van der Waals surface area contributed by atoms with Crippen LogP contribution in [-0.2, 0) is 0 Å². The molecule has 4 heteroatoms. The Morgan fingerprint density at radius 3 is 2.37 bits per heavy atom. The molecule has 0 aliphatic heterocycles. The van der Waals surface area contributed by atoms with Gasteiger partial charge in [-0.25, -0.2) is 0 Å². The zero-order chi connectivity index (χ0) is 13.7. The molecular weight excluding hydrogens is 242 g/mol. The number of methoxy groups -OCH3 is 2. The molecule has 0 unspecified atom stereocenters. The summed E-state index contributed by atoms with van der Waals surface area (Å²) in [6.07, 6.45) is 0. The van der Waals surface area contributed by atoms with Gasteiger partial charge in [0.2, 0.25) is 0 Å². The lowest BCUT2D eigenvalue weighted by Crippen LogP contribution is -2.13. The summed E-state index contributed by atoms with van der Waals surface area (Å²) < 4.78 is 10.3. The van der Waals surface area contributed by atoms with Gasteiger partial charge in [-0.2, -0.15) is 0 Å². The summed E-state index contributed by atoms with van der Waals surface area (Å²) in [4.78, 5) is 12.2. The molecule has 98 valence electrons. The number of carbonyl (C=O) groups is 1. The lowest BCUT2D eigenvalue weighted by molar-refractivity contribution is 0.102. The number of hydrogen-bond acceptors (Lipinski definition) is 3. The number of para-hydroxylation sites is 1. The molecule has 0 saturated carbocycles. The fourth-order valence-electron chi connectivity index (χ4n) is 1.71. The van der Waals surface area contributed by atoms with Crippen LogP contribution in [0.4, 0.5) is 5.69 Å².